The van der Waals surface area contributed by atoms with Crippen molar-refractivity contribution in [3.63, 3.8) is 0 Å². The Morgan fingerprint density at radius 2 is 0.904 bits per heavy atom. The van der Waals surface area contributed by atoms with Gasteiger partial charge >= 0.3 is 0 Å². The van der Waals surface area contributed by atoms with Crippen LogP contribution in [0.2, 0.25) is 0 Å². The molecular formula is C54H52O19. The number of ether oxygens (including phenoxy) is 6. The maximum Gasteiger partial charge on any atom is 0.229 e. The molecule has 0 aliphatic carbocycles. The van der Waals surface area contributed by atoms with E-state index in [1.807, 2.05) is 0 Å². The Hall–Kier alpha value is -7.14. The van der Waals surface area contributed by atoms with Crippen LogP contribution in [0.5, 0.6) is 51.7 Å². The standard InChI is InChI=1S/C54H52O19/c55-22-39-45(62)47(64)49(66)53(72-39)68-34-17-28(16-32(60)18-34)42-43-36(20-35(69-54-50(67)48(65)46(63)40(23-56)73-54)21-38(43)71-51(42)25-5-11-30(58)12-6-25)44-41-27(4-1-24-2-9-29(57)10-3-24)15-33(61)19-37(41)70-52(44)26-7-13-31(59)14-8-26/h1-21,39-40,42,44-67H,22-23H2/b4-1-/t39-,40-,42-,44+,45-,46-,47+,48+,49-,50-,51+,52-,53-,54-/m1/s1. The average Bonchev–Trinajstić information content (AvgIpc) is 3.96. The SMILES string of the molecule is OC[C@H]1O[C@@H](Oc2cc(O)cc([C@@H]3c4c(cc(O[C@@H]5O[C@H](CO)[C@@H](O)[C@H](O)[C@H]5O)cc4[C@H]4c5c(/C=C\c6ccc(O)cc6)cc(O)cc5O[C@@H]4c4ccc(O)cc4)O[C@H]3c3ccc(O)cc3)c2)[C@H](O)[C@@H](O)[C@@H]1O. The van der Waals surface area contributed by atoms with Gasteiger partial charge in [-0.1, -0.05) is 48.6 Å². The van der Waals surface area contributed by atoms with Crippen molar-refractivity contribution >= 4 is 12.2 Å². The largest absolute Gasteiger partial charge is 0.508 e. The summed E-state index contributed by atoms with van der Waals surface area (Å²) < 4.78 is 37.6. The fraction of sp³-hybridized carbons (Fsp3) is 0.296. The van der Waals surface area contributed by atoms with E-state index in [1.54, 1.807) is 66.7 Å². The monoisotopic (exact) mass is 1000 g/mol. The van der Waals surface area contributed by atoms with E-state index < -0.39 is 98.7 Å². The van der Waals surface area contributed by atoms with E-state index in [0.29, 0.717) is 44.5 Å². The van der Waals surface area contributed by atoms with Crippen molar-refractivity contribution in [1.29, 1.82) is 0 Å². The third kappa shape index (κ3) is 9.55. The van der Waals surface area contributed by atoms with E-state index in [4.69, 9.17) is 28.4 Å². The number of benzene rings is 6. The van der Waals surface area contributed by atoms with Gasteiger partial charge in [0, 0.05) is 29.3 Å². The Morgan fingerprint density at radius 1 is 0.425 bits per heavy atom. The molecule has 0 bridgehead atoms. The molecule has 10 rings (SSSR count). The van der Waals surface area contributed by atoms with Crippen molar-refractivity contribution in [2.45, 2.75) is 85.5 Å². The highest BCUT2D eigenvalue weighted by Crippen LogP contribution is 2.60. The van der Waals surface area contributed by atoms with Crippen LogP contribution in [0, 0.1) is 0 Å². The molecule has 4 aliphatic heterocycles. The smallest absolute Gasteiger partial charge is 0.229 e. The highest BCUT2D eigenvalue weighted by Gasteiger charge is 2.49. The van der Waals surface area contributed by atoms with Crippen LogP contribution in [0.3, 0.4) is 0 Å². The van der Waals surface area contributed by atoms with Gasteiger partial charge in [0.15, 0.2) is 0 Å². The quantitative estimate of drug-likeness (QED) is 0.0783. The van der Waals surface area contributed by atoms with E-state index >= 15 is 0 Å². The zero-order valence-corrected chi connectivity index (χ0v) is 38.4. The zero-order chi connectivity index (χ0) is 51.4. The van der Waals surface area contributed by atoms with Crippen LogP contribution in [0.25, 0.3) is 12.2 Å². The van der Waals surface area contributed by atoms with Gasteiger partial charge in [0.25, 0.3) is 0 Å². The molecule has 14 atom stereocenters. The summed E-state index contributed by atoms with van der Waals surface area (Å²) in [7, 11) is 0. The molecule has 2 fully saturated rings. The molecule has 0 saturated carbocycles. The molecule has 2 saturated heterocycles. The lowest BCUT2D eigenvalue weighted by molar-refractivity contribution is -0.277. The Kier molecular flexibility index (Phi) is 13.6. The maximum atomic E-state index is 11.5. The van der Waals surface area contributed by atoms with Gasteiger partial charge in [-0.25, -0.2) is 0 Å². The topological polar surface area (TPSA) is 318 Å². The minimum absolute atomic E-state index is 0.00334. The van der Waals surface area contributed by atoms with Crippen LogP contribution in [-0.2, 0) is 9.47 Å². The average molecular weight is 1000 g/mol. The third-order valence-electron chi connectivity index (χ3n) is 13.6. The molecule has 4 heterocycles. The molecule has 13 N–H and O–H groups in total. The summed E-state index contributed by atoms with van der Waals surface area (Å²) in [5.41, 5.74) is 4.08. The predicted molar refractivity (Wildman–Crippen MR) is 255 cm³/mol. The molecule has 0 radical (unpaired) electrons. The number of phenolic OH excluding ortho intramolecular Hbond substituents is 5. The lowest BCUT2D eigenvalue weighted by Crippen LogP contribution is -2.60. The summed E-state index contributed by atoms with van der Waals surface area (Å²) in [4.78, 5) is 0. The second-order valence-corrected chi connectivity index (χ2v) is 18.4. The molecule has 19 heteroatoms. The molecule has 73 heavy (non-hydrogen) atoms. The van der Waals surface area contributed by atoms with Crippen LogP contribution in [0.1, 0.15) is 68.6 Å². The van der Waals surface area contributed by atoms with Crippen molar-refractivity contribution in [1.82, 2.24) is 0 Å². The summed E-state index contributed by atoms with van der Waals surface area (Å²) in [6.07, 6.45) is -14.8. The van der Waals surface area contributed by atoms with Gasteiger partial charge in [0.1, 0.15) is 113 Å². The molecule has 382 valence electrons. The fourth-order valence-electron chi connectivity index (χ4n) is 10.0. The first kappa shape index (κ1) is 49.4. The molecular weight excluding hydrogens is 953 g/mol. The summed E-state index contributed by atoms with van der Waals surface area (Å²) in [6, 6.07) is 29.4. The van der Waals surface area contributed by atoms with Crippen LogP contribution in [-0.4, -0.2) is 141 Å². The van der Waals surface area contributed by atoms with Gasteiger partial charge in [-0.05, 0) is 94.0 Å². The minimum Gasteiger partial charge on any atom is -0.508 e. The van der Waals surface area contributed by atoms with Gasteiger partial charge in [0.2, 0.25) is 12.6 Å². The van der Waals surface area contributed by atoms with Gasteiger partial charge in [-0.3, -0.25) is 0 Å². The third-order valence-corrected chi connectivity index (χ3v) is 13.6. The van der Waals surface area contributed by atoms with E-state index in [1.165, 1.54) is 60.7 Å². The van der Waals surface area contributed by atoms with Crippen molar-refractivity contribution < 1.29 is 94.8 Å². The van der Waals surface area contributed by atoms with Crippen LogP contribution in [0.15, 0.2) is 115 Å². The summed E-state index contributed by atoms with van der Waals surface area (Å²) in [6.45, 7) is -1.46. The van der Waals surface area contributed by atoms with Gasteiger partial charge in [-0.2, -0.15) is 0 Å². The number of rotatable bonds is 12. The second kappa shape index (κ2) is 20.0. The van der Waals surface area contributed by atoms with Crippen LogP contribution < -0.4 is 18.9 Å². The Morgan fingerprint density at radius 3 is 1.44 bits per heavy atom. The predicted octanol–water partition coefficient (Wildman–Crippen LogP) is 3.27. The Balaban J connectivity index is 1.20. The minimum atomic E-state index is -1.82. The van der Waals surface area contributed by atoms with Crippen molar-refractivity contribution in [2.24, 2.45) is 0 Å². The second-order valence-electron chi connectivity index (χ2n) is 18.4. The van der Waals surface area contributed by atoms with Gasteiger partial charge in [-0.15, -0.1) is 0 Å². The van der Waals surface area contributed by atoms with Gasteiger partial charge < -0.3 is 94.8 Å². The first-order valence-corrected chi connectivity index (χ1v) is 23.3. The van der Waals surface area contributed by atoms with Gasteiger partial charge in [0.05, 0.1) is 25.0 Å². The molecule has 19 nitrogen and oxygen atoms in total. The first-order chi connectivity index (χ1) is 35.1. The normalized spacial score (nSPS) is 29.5. The zero-order valence-electron chi connectivity index (χ0n) is 38.4. The number of aliphatic hydroxyl groups is 8. The molecule has 0 spiro atoms. The summed E-state index contributed by atoms with van der Waals surface area (Å²) in [5.74, 6) is -1.94. The molecule has 4 aliphatic rings. The number of fused-ring (bicyclic) bond motifs is 2. The Bertz CT molecular complexity index is 2960. The summed E-state index contributed by atoms with van der Waals surface area (Å²) in [5, 5.41) is 138. The first-order valence-electron chi connectivity index (χ1n) is 23.3. The number of aromatic hydroxyl groups is 5. The van der Waals surface area contributed by atoms with Crippen LogP contribution in [0.4, 0.5) is 0 Å². The molecule has 0 unspecified atom stereocenters. The van der Waals surface area contributed by atoms with E-state index in [2.05, 4.69) is 0 Å². The number of hydrogen-bond acceptors (Lipinski definition) is 19. The van der Waals surface area contributed by atoms with Crippen molar-refractivity contribution in [3.05, 3.63) is 160 Å². The highest BCUT2D eigenvalue weighted by atomic mass is 16.7. The molecule has 0 aromatic heterocycles. The maximum absolute atomic E-state index is 11.5. The number of aliphatic hydroxyl groups excluding tert-OH is 8. The number of phenols is 5. The fourth-order valence-corrected chi connectivity index (χ4v) is 10.0. The highest BCUT2D eigenvalue weighted by molar-refractivity contribution is 5.76. The lowest BCUT2D eigenvalue weighted by atomic mass is 9.75. The van der Waals surface area contributed by atoms with E-state index in [0.717, 1.165) is 0 Å². The summed E-state index contributed by atoms with van der Waals surface area (Å²) >= 11 is 0. The molecule has 6 aromatic carbocycles. The molecule has 0 amide bonds. The lowest BCUT2D eigenvalue weighted by Gasteiger charge is -2.39. The Labute approximate surface area is 416 Å². The van der Waals surface area contributed by atoms with E-state index in [9.17, 15) is 66.4 Å². The van der Waals surface area contributed by atoms with E-state index in [-0.39, 0.29) is 51.7 Å². The van der Waals surface area contributed by atoms with Crippen molar-refractivity contribution in [2.75, 3.05) is 13.2 Å². The number of hydrogen-bond donors (Lipinski definition) is 13. The van der Waals surface area contributed by atoms with Crippen molar-refractivity contribution in [3.8, 4) is 51.7 Å². The van der Waals surface area contributed by atoms with Crippen LogP contribution >= 0.6 is 0 Å². The molecule has 6 aromatic rings.